The largest absolute Gasteiger partial charge is 0.462 e. The van der Waals surface area contributed by atoms with E-state index in [0.29, 0.717) is 23.2 Å². The van der Waals surface area contributed by atoms with Crippen molar-refractivity contribution in [3.05, 3.63) is 75.6 Å². The lowest BCUT2D eigenvalue weighted by molar-refractivity contribution is 0.0499. The molecule has 154 valence electrons. The summed E-state index contributed by atoms with van der Waals surface area (Å²) in [6, 6.07) is 12.3. The van der Waals surface area contributed by atoms with Crippen LogP contribution in [0.5, 0.6) is 0 Å². The fourth-order valence-electron chi connectivity index (χ4n) is 3.86. The van der Waals surface area contributed by atoms with Crippen molar-refractivity contribution in [1.82, 2.24) is 4.57 Å². The Bertz CT molecular complexity index is 1180. The molecule has 1 aliphatic heterocycles. The summed E-state index contributed by atoms with van der Waals surface area (Å²) in [4.78, 5) is 37.8. The molecule has 0 saturated carbocycles. The molecule has 0 fully saturated rings. The van der Waals surface area contributed by atoms with Crippen LogP contribution in [0.3, 0.4) is 0 Å². The molecule has 0 spiro atoms. The fraction of sp³-hybridized carbons (Fsp3) is 0.292. The van der Waals surface area contributed by atoms with Gasteiger partial charge in [-0.3, -0.25) is 9.59 Å². The third-order valence-corrected chi connectivity index (χ3v) is 5.48. The highest BCUT2D eigenvalue weighted by Gasteiger charge is 2.24. The number of benzene rings is 2. The number of nitrogens with zero attached hydrogens (tertiary/aromatic N) is 1. The number of carbonyl (C=O) groups excluding carboxylic acids is 2. The first-order valence-electron chi connectivity index (χ1n) is 10.2. The summed E-state index contributed by atoms with van der Waals surface area (Å²) in [6.07, 6.45) is 4.27. The fourth-order valence-corrected chi connectivity index (χ4v) is 3.86. The Labute approximate surface area is 174 Å². The van der Waals surface area contributed by atoms with E-state index in [1.165, 1.54) is 0 Å². The Morgan fingerprint density at radius 2 is 1.93 bits per heavy atom. The van der Waals surface area contributed by atoms with E-state index in [4.69, 9.17) is 4.74 Å². The van der Waals surface area contributed by atoms with Crippen LogP contribution in [0.1, 0.15) is 59.0 Å². The number of ether oxygens (including phenoxy) is 1. The van der Waals surface area contributed by atoms with Crippen LogP contribution in [0.2, 0.25) is 0 Å². The van der Waals surface area contributed by atoms with Gasteiger partial charge in [-0.2, -0.15) is 0 Å². The van der Waals surface area contributed by atoms with Crippen LogP contribution in [0.25, 0.3) is 10.9 Å². The summed E-state index contributed by atoms with van der Waals surface area (Å²) >= 11 is 0. The van der Waals surface area contributed by atoms with Gasteiger partial charge < -0.3 is 14.6 Å². The number of carbonyl (C=O) groups is 2. The van der Waals surface area contributed by atoms with E-state index < -0.39 is 5.91 Å². The van der Waals surface area contributed by atoms with Crippen molar-refractivity contribution < 1.29 is 14.3 Å². The first-order valence-corrected chi connectivity index (χ1v) is 10.2. The van der Waals surface area contributed by atoms with E-state index in [0.717, 1.165) is 30.3 Å². The summed E-state index contributed by atoms with van der Waals surface area (Å²) in [7, 11) is 0. The highest BCUT2D eigenvalue weighted by atomic mass is 16.5. The maximum Gasteiger partial charge on any atom is 0.338 e. The maximum absolute atomic E-state index is 12.9. The van der Waals surface area contributed by atoms with Gasteiger partial charge in [-0.05, 0) is 55.7 Å². The van der Waals surface area contributed by atoms with Gasteiger partial charge in [0.15, 0.2) is 0 Å². The number of esters is 1. The second-order valence-corrected chi connectivity index (χ2v) is 7.67. The van der Waals surface area contributed by atoms with Crippen molar-refractivity contribution in [2.24, 2.45) is 0 Å². The Hall–Kier alpha value is -3.41. The highest BCUT2D eigenvalue weighted by Crippen LogP contribution is 2.31. The summed E-state index contributed by atoms with van der Waals surface area (Å²) in [5.74, 6) is -0.852. The number of anilines is 1. The third kappa shape index (κ3) is 3.61. The quantitative estimate of drug-likeness (QED) is 0.490. The van der Waals surface area contributed by atoms with Crippen molar-refractivity contribution >= 4 is 28.5 Å². The molecule has 1 atom stereocenters. The van der Waals surface area contributed by atoms with Crippen LogP contribution in [0.4, 0.5) is 5.69 Å². The maximum atomic E-state index is 12.9. The summed E-state index contributed by atoms with van der Waals surface area (Å²) in [5.41, 5.74) is 2.81. The standard InChI is InChI=1S/C24H24N2O4/c1-3-4-12-30-24(29)16-8-10-18(11-9-16)25-23(28)20-14-26-15(2)13-17-6-5-7-19(21(17)26)22(20)27/h5-11,14-15H,3-4,12-13H2,1-2H3,(H,25,28)/t15-/m1/s1. The van der Waals surface area contributed by atoms with Crippen LogP contribution >= 0.6 is 0 Å². The van der Waals surface area contributed by atoms with E-state index in [9.17, 15) is 14.4 Å². The van der Waals surface area contributed by atoms with Gasteiger partial charge in [-0.1, -0.05) is 25.5 Å². The lowest BCUT2D eigenvalue weighted by atomic mass is 10.1. The van der Waals surface area contributed by atoms with E-state index in [-0.39, 0.29) is 23.0 Å². The van der Waals surface area contributed by atoms with Gasteiger partial charge in [0.05, 0.1) is 17.7 Å². The zero-order valence-electron chi connectivity index (χ0n) is 17.1. The van der Waals surface area contributed by atoms with Gasteiger partial charge >= 0.3 is 5.97 Å². The minimum absolute atomic E-state index is 0.108. The Kier molecular flexibility index (Phi) is 5.40. The molecule has 6 nitrogen and oxygen atoms in total. The number of unbranched alkanes of at least 4 members (excludes halogenated alkanes) is 1. The topological polar surface area (TPSA) is 77.4 Å². The molecule has 1 amide bonds. The van der Waals surface area contributed by atoms with Gasteiger partial charge in [-0.25, -0.2) is 4.79 Å². The van der Waals surface area contributed by atoms with Crippen LogP contribution in [0.15, 0.2) is 53.5 Å². The molecule has 3 aromatic rings. The van der Waals surface area contributed by atoms with E-state index in [1.807, 2.05) is 23.6 Å². The Balaban J connectivity index is 1.55. The lowest BCUT2D eigenvalue weighted by Crippen LogP contribution is -2.23. The average Bonchev–Trinajstić information content (AvgIpc) is 3.07. The van der Waals surface area contributed by atoms with E-state index >= 15 is 0 Å². The van der Waals surface area contributed by atoms with Gasteiger partial charge in [0, 0.05) is 23.3 Å². The van der Waals surface area contributed by atoms with Gasteiger partial charge in [0.25, 0.3) is 5.91 Å². The Morgan fingerprint density at radius 1 is 1.17 bits per heavy atom. The molecule has 1 aliphatic rings. The molecule has 0 saturated heterocycles. The third-order valence-electron chi connectivity index (χ3n) is 5.48. The second kappa shape index (κ2) is 8.14. The van der Waals surface area contributed by atoms with Crippen LogP contribution in [-0.4, -0.2) is 23.1 Å². The number of hydrogen-bond donors (Lipinski definition) is 1. The summed E-state index contributed by atoms with van der Waals surface area (Å²) < 4.78 is 7.20. The first-order chi connectivity index (χ1) is 14.5. The molecular weight excluding hydrogens is 380 g/mol. The average molecular weight is 404 g/mol. The number of nitrogens with one attached hydrogen (secondary N) is 1. The van der Waals surface area contributed by atoms with Crippen LogP contribution in [-0.2, 0) is 11.2 Å². The van der Waals surface area contributed by atoms with E-state index in [2.05, 4.69) is 12.2 Å². The van der Waals surface area contributed by atoms with Crippen LogP contribution in [0, 0.1) is 0 Å². The van der Waals surface area contributed by atoms with Crippen molar-refractivity contribution in [3.8, 4) is 0 Å². The zero-order valence-corrected chi connectivity index (χ0v) is 17.1. The van der Waals surface area contributed by atoms with Gasteiger partial charge in [-0.15, -0.1) is 0 Å². The molecule has 6 heteroatoms. The minimum atomic E-state index is -0.464. The predicted molar refractivity (Wildman–Crippen MR) is 116 cm³/mol. The molecule has 4 rings (SSSR count). The molecule has 1 N–H and O–H groups in total. The molecular formula is C24H24N2O4. The number of rotatable bonds is 6. The number of hydrogen-bond acceptors (Lipinski definition) is 4. The number of pyridine rings is 1. The Morgan fingerprint density at radius 3 is 2.67 bits per heavy atom. The summed E-state index contributed by atoms with van der Waals surface area (Å²) in [6.45, 7) is 4.49. The first kappa shape index (κ1) is 19.9. The minimum Gasteiger partial charge on any atom is -0.462 e. The summed E-state index contributed by atoms with van der Waals surface area (Å²) in [5, 5.41) is 3.33. The number of para-hydroxylation sites is 1. The SMILES string of the molecule is CCCCOC(=O)c1ccc(NC(=O)c2cn3c4c(cccc4c2=O)C[C@H]3C)cc1. The normalized spacial score (nSPS) is 14.7. The predicted octanol–water partition coefficient (Wildman–Crippen LogP) is 4.33. The van der Waals surface area contributed by atoms with Crippen molar-refractivity contribution in [1.29, 1.82) is 0 Å². The molecule has 1 aromatic heterocycles. The van der Waals surface area contributed by atoms with Crippen molar-refractivity contribution in [2.45, 2.75) is 39.2 Å². The molecule has 0 bridgehead atoms. The van der Waals surface area contributed by atoms with Crippen LogP contribution < -0.4 is 10.7 Å². The van der Waals surface area contributed by atoms with Gasteiger partial charge in [0.1, 0.15) is 5.56 Å². The molecule has 0 unspecified atom stereocenters. The molecule has 30 heavy (non-hydrogen) atoms. The van der Waals surface area contributed by atoms with Crippen molar-refractivity contribution in [2.75, 3.05) is 11.9 Å². The smallest absolute Gasteiger partial charge is 0.338 e. The molecule has 2 aromatic carbocycles. The van der Waals surface area contributed by atoms with Crippen molar-refractivity contribution in [3.63, 3.8) is 0 Å². The van der Waals surface area contributed by atoms with E-state index in [1.54, 1.807) is 36.5 Å². The zero-order chi connectivity index (χ0) is 21.3. The second-order valence-electron chi connectivity index (χ2n) is 7.67. The monoisotopic (exact) mass is 404 g/mol. The molecule has 0 radical (unpaired) electrons. The number of aromatic nitrogens is 1. The van der Waals surface area contributed by atoms with Gasteiger partial charge in [0.2, 0.25) is 5.43 Å². The highest BCUT2D eigenvalue weighted by molar-refractivity contribution is 6.06. The molecule has 2 heterocycles. The molecule has 0 aliphatic carbocycles. The number of amides is 1. The lowest BCUT2D eigenvalue weighted by Gasteiger charge is -2.13.